The fraction of sp³-hybridized carbons (Fsp3) is 0.429. The molecule has 2 N–H and O–H groups in total. The van der Waals surface area contributed by atoms with Crippen LogP contribution >= 0.6 is 23.2 Å². The van der Waals surface area contributed by atoms with Crippen molar-refractivity contribution in [2.45, 2.75) is 19.3 Å². The van der Waals surface area contributed by atoms with Crippen molar-refractivity contribution in [3.05, 3.63) is 15.9 Å². The molecule has 0 aliphatic heterocycles. The molecule has 14 heavy (non-hydrogen) atoms. The molecule has 0 atom stereocenters. The molecule has 0 aliphatic rings. The fourth-order valence-corrected chi connectivity index (χ4v) is 1.44. The van der Waals surface area contributed by atoms with Crippen LogP contribution in [-0.2, 0) is 6.42 Å². The summed E-state index contributed by atoms with van der Waals surface area (Å²) in [6, 6.07) is 0. The summed E-state index contributed by atoms with van der Waals surface area (Å²) in [5.41, 5.74) is 5.22. The van der Waals surface area contributed by atoms with E-state index in [1.54, 1.807) is 0 Å². The standard InChI is InChI=1S/C7H7Cl2F2N3/c1-7(10,11)2-3-4(8)13-6(12)14-5(3)9/h2H2,1H3,(H2,12,13,14). The second kappa shape index (κ2) is 3.82. The predicted octanol–water partition coefficient (Wildman–Crippen LogP) is 2.56. The van der Waals surface area contributed by atoms with Crippen molar-refractivity contribution in [2.75, 3.05) is 5.73 Å². The summed E-state index contributed by atoms with van der Waals surface area (Å²) in [5, 5.41) is -0.270. The molecule has 0 amide bonds. The van der Waals surface area contributed by atoms with Crippen molar-refractivity contribution in [1.82, 2.24) is 9.97 Å². The van der Waals surface area contributed by atoms with Crippen LogP contribution < -0.4 is 5.73 Å². The van der Waals surface area contributed by atoms with E-state index in [0.29, 0.717) is 0 Å². The van der Waals surface area contributed by atoms with Crippen molar-refractivity contribution in [3.63, 3.8) is 0 Å². The summed E-state index contributed by atoms with van der Waals surface area (Å²) in [6.07, 6.45) is -0.606. The lowest BCUT2D eigenvalue weighted by Crippen LogP contribution is -2.15. The minimum absolute atomic E-state index is 0.00929. The van der Waals surface area contributed by atoms with Crippen molar-refractivity contribution in [2.24, 2.45) is 0 Å². The first-order valence-electron chi connectivity index (χ1n) is 3.65. The molecule has 1 aromatic heterocycles. The summed E-state index contributed by atoms with van der Waals surface area (Å²) < 4.78 is 25.3. The van der Waals surface area contributed by atoms with E-state index in [1.165, 1.54) is 0 Å². The van der Waals surface area contributed by atoms with Gasteiger partial charge in [0, 0.05) is 12.0 Å². The first-order chi connectivity index (χ1) is 6.29. The number of rotatable bonds is 2. The predicted molar refractivity (Wildman–Crippen MR) is 50.8 cm³/mol. The fourth-order valence-electron chi connectivity index (χ4n) is 0.902. The van der Waals surface area contributed by atoms with Crippen LogP contribution in [0.25, 0.3) is 0 Å². The van der Waals surface area contributed by atoms with E-state index in [2.05, 4.69) is 9.97 Å². The van der Waals surface area contributed by atoms with Gasteiger partial charge in [0.05, 0.1) is 0 Å². The van der Waals surface area contributed by atoms with Crippen LogP contribution in [0.4, 0.5) is 14.7 Å². The maximum Gasteiger partial charge on any atom is 0.249 e. The Morgan fingerprint density at radius 2 is 1.71 bits per heavy atom. The highest BCUT2D eigenvalue weighted by Gasteiger charge is 2.26. The normalized spacial score (nSPS) is 11.8. The molecule has 78 valence electrons. The van der Waals surface area contributed by atoms with Gasteiger partial charge in [0.15, 0.2) is 0 Å². The van der Waals surface area contributed by atoms with Crippen LogP contribution in [0.3, 0.4) is 0 Å². The van der Waals surface area contributed by atoms with E-state index in [1.807, 2.05) is 0 Å². The van der Waals surface area contributed by atoms with E-state index in [4.69, 9.17) is 28.9 Å². The Morgan fingerprint density at radius 1 is 1.29 bits per heavy atom. The van der Waals surface area contributed by atoms with Crippen molar-refractivity contribution < 1.29 is 8.78 Å². The molecule has 3 nitrogen and oxygen atoms in total. The van der Waals surface area contributed by atoms with Gasteiger partial charge in [-0.15, -0.1) is 0 Å². The van der Waals surface area contributed by atoms with E-state index >= 15 is 0 Å². The number of halogens is 4. The van der Waals surface area contributed by atoms with E-state index in [9.17, 15) is 8.78 Å². The Labute approximate surface area is 89.2 Å². The number of aromatic nitrogens is 2. The molecular weight excluding hydrogens is 235 g/mol. The topological polar surface area (TPSA) is 51.8 Å². The average Bonchev–Trinajstić information content (AvgIpc) is 1.95. The monoisotopic (exact) mass is 241 g/mol. The van der Waals surface area contributed by atoms with Crippen molar-refractivity contribution in [3.8, 4) is 0 Å². The second-order valence-corrected chi connectivity index (χ2v) is 3.60. The number of hydrogen-bond donors (Lipinski definition) is 1. The zero-order valence-corrected chi connectivity index (χ0v) is 8.70. The van der Waals surface area contributed by atoms with Crippen LogP contribution in [0, 0.1) is 0 Å². The Kier molecular flexibility index (Phi) is 3.11. The minimum Gasteiger partial charge on any atom is -0.368 e. The molecule has 0 fully saturated rings. The summed E-state index contributed by atoms with van der Waals surface area (Å²) in [7, 11) is 0. The van der Waals surface area contributed by atoms with Gasteiger partial charge in [-0.05, 0) is 6.92 Å². The van der Waals surface area contributed by atoms with Crippen LogP contribution in [0.1, 0.15) is 12.5 Å². The van der Waals surface area contributed by atoms with Crippen LogP contribution in [0.2, 0.25) is 10.3 Å². The van der Waals surface area contributed by atoms with Gasteiger partial charge in [0.25, 0.3) is 0 Å². The van der Waals surface area contributed by atoms with Gasteiger partial charge in [0.2, 0.25) is 11.9 Å². The van der Waals surface area contributed by atoms with Gasteiger partial charge in [-0.3, -0.25) is 0 Å². The quantitative estimate of drug-likeness (QED) is 0.810. The number of hydrogen-bond acceptors (Lipinski definition) is 3. The molecule has 0 radical (unpaired) electrons. The molecule has 0 spiro atoms. The lowest BCUT2D eigenvalue weighted by molar-refractivity contribution is 0.0225. The number of alkyl halides is 2. The molecule has 0 aromatic carbocycles. The highest BCUT2D eigenvalue weighted by Crippen LogP contribution is 2.28. The summed E-state index contributed by atoms with van der Waals surface area (Å²) in [4.78, 5) is 7.07. The number of nitrogen functional groups attached to an aromatic ring is 1. The molecular formula is C7H7Cl2F2N3. The molecule has 0 unspecified atom stereocenters. The van der Waals surface area contributed by atoms with Crippen LogP contribution in [0.15, 0.2) is 0 Å². The molecule has 0 bridgehead atoms. The summed E-state index contributed by atoms with van der Waals surface area (Å²) in [6.45, 7) is 0.760. The Balaban J connectivity index is 3.09. The van der Waals surface area contributed by atoms with E-state index < -0.39 is 12.3 Å². The lowest BCUT2D eigenvalue weighted by Gasteiger charge is -2.11. The third-order valence-corrected chi connectivity index (χ3v) is 2.04. The zero-order chi connectivity index (χ0) is 10.9. The van der Waals surface area contributed by atoms with E-state index in [-0.39, 0.29) is 21.8 Å². The molecule has 0 aliphatic carbocycles. The number of nitrogens with zero attached hydrogens (tertiary/aromatic N) is 2. The Morgan fingerprint density at radius 3 is 2.07 bits per heavy atom. The minimum atomic E-state index is -2.91. The molecule has 0 saturated heterocycles. The largest absolute Gasteiger partial charge is 0.368 e. The second-order valence-electron chi connectivity index (χ2n) is 2.89. The maximum absolute atomic E-state index is 12.7. The average molecular weight is 242 g/mol. The third kappa shape index (κ3) is 2.92. The number of anilines is 1. The highest BCUT2D eigenvalue weighted by molar-refractivity contribution is 6.34. The molecule has 1 aromatic rings. The molecule has 0 saturated carbocycles. The summed E-state index contributed by atoms with van der Waals surface area (Å²) in [5.74, 6) is -3.05. The Bertz CT molecular complexity index is 328. The number of nitrogens with two attached hydrogens (primary N) is 1. The Hall–Kier alpha value is -0.680. The van der Waals surface area contributed by atoms with Crippen LogP contribution in [0.5, 0.6) is 0 Å². The molecule has 1 heterocycles. The smallest absolute Gasteiger partial charge is 0.249 e. The lowest BCUT2D eigenvalue weighted by atomic mass is 10.1. The van der Waals surface area contributed by atoms with Crippen molar-refractivity contribution >= 4 is 29.2 Å². The summed E-state index contributed by atoms with van der Waals surface area (Å²) >= 11 is 11.2. The molecule has 1 rings (SSSR count). The van der Waals surface area contributed by atoms with Gasteiger partial charge in [0.1, 0.15) is 10.3 Å². The van der Waals surface area contributed by atoms with Gasteiger partial charge >= 0.3 is 0 Å². The maximum atomic E-state index is 12.7. The highest BCUT2D eigenvalue weighted by atomic mass is 35.5. The van der Waals surface area contributed by atoms with E-state index in [0.717, 1.165) is 6.92 Å². The van der Waals surface area contributed by atoms with Crippen molar-refractivity contribution in [1.29, 1.82) is 0 Å². The first kappa shape index (κ1) is 11.4. The van der Waals surface area contributed by atoms with Crippen LogP contribution in [-0.4, -0.2) is 15.9 Å². The van der Waals surface area contributed by atoms with Gasteiger partial charge in [-0.2, -0.15) is 0 Å². The molecule has 7 heteroatoms. The first-order valence-corrected chi connectivity index (χ1v) is 4.40. The zero-order valence-electron chi connectivity index (χ0n) is 7.19. The van der Waals surface area contributed by atoms with Gasteiger partial charge in [-0.25, -0.2) is 18.7 Å². The van der Waals surface area contributed by atoms with Gasteiger partial charge < -0.3 is 5.73 Å². The SMILES string of the molecule is CC(F)(F)Cc1c(Cl)nc(N)nc1Cl. The van der Waals surface area contributed by atoms with Gasteiger partial charge in [-0.1, -0.05) is 23.2 Å². The third-order valence-electron chi connectivity index (χ3n) is 1.41.